The van der Waals surface area contributed by atoms with Crippen LogP contribution in [-0.2, 0) is 5.75 Å². The molecule has 114 valence electrons. The Kier molecular flexibility index (Phi) is 4.74. The fourth-order valence-electron chi connectivity index (χ4n) is 1.99. The van der Waals surface area contributed by atoms with Crippen LogP contribution in [0.1, 0.15) is 23.3 Å². The van der Waals surface area contributed by atoms with E-state index in [1.54, 1.807) is 7.11 Å². The van der Waals surface area contributed by atoms with Crippen LogP contribution in [0.15, 0.2) is 24.3 Å². The number of para-hydroxylation sites is 1. The second-order valence-electron chi connectivity index (χ2n) is 4.46. The fourth-order valence-corrected chi connectivity index (χ4v) is 3.31. The molecule has 7 heteroatoms. The fraction of sp³-hybridized carbons (Fsp3) is 0.267. The molecule has 0 aliphatic rings. The number of methoxy groups -OCH3 is 1. The Morgan fingerprint density at radius 2 is 2.14 bits per heavy atom. The van der Waals surface area contributed by atoms with Gasteiger partial charge < -0.3 is 4.74 Å². The SMILES string of the molecule is CCSCc1nnc2sc(C=Cc3ccccc3OC)nn12. The summed E-state index contributed by atoms with van der Waals surface area (Å²) in [5, 5.41) is 13.8. The average Bonchev–Trinajstić information content (AvgIpc) is 3.11. The first kappa shape index (κ1) is 15.1. The maximum atomic E-state index is 5.34. The van der Waals surface area contributed by atoms with Crippen LogP contribution < -0.4 is 4.74 Å². The van der Waals surface area contributed by atoms with Crippen molar-refractivity contribution < 1.29 is 4.74 Å². The van der Waals surface area contributed by atoms with Gasteiger partial charge in [0.05, 0.1) is 12.9 Å². The minimum absolute atomic E-state index is 0.825. The molecule has 5 nitrogen and oxygen atoms in total. The van der Waals surface area contributed by atoms with Crippen molar-refractivity contribution in [3.63, 3.8) is 0 Å². The van der Waals surface area contributed by atoms with Crippen molar-refractivity contribution in [2.75, 3.05) is 12.9 Å². The monoisotopic (exact) mass is 332 g/mol. The van der Waals surface area contributed by atoms with Crippen molar-refractivity contribution in [1.29, 1.82) is 0 Å². The molecule has 0 aliphatic carbocycles. The maximum Gasteiger partial charge on any atom is 0.234 e. The number of rotatable bonds is 6. The highest BCUT2D eigenvalue weighted by molar-refractivity contribution is 7.98. The van der Waals surface area contributed by atoms with E-state index in [9.17, 15) is 0 Å². The highest BCUT2D eigenvalue weighted by atomic mass is 32.2. The van der Waals surface area contributed by atoms with Gasteiger partial charge in [-0.1, -0.05) is 36.5 Å². The Morgan fingerprint density at radius 1 is 1.27 bits per heavy atom. The van der Waals surface area contributed by atoms with Crippen molar-refractivity contribution in [1.82, 2.24) is 19.8 Å². The topological polar surface area (TPSA) is 52.3 Å². The highest BCUT2D eigenvalue weighted by Crippen LogP contribution is 2.22. The predicted octanol–water partition coefficient (Wildman–Crippen LogP) is 3.62. The molecule has 0 aliphatic heterocycles. The first-order chi connectivity index (χ1) is 10.8. The van der Waals surface area contributed by atoms with Crippen LogP contribution in [0.5, 0.6) is 5.75 Å². The van der Waals surface area contributed by atoms with Crippen LogP contribution >= 0.6 is 23.1 Å². The Balaban J connectivity index is 1.84. The molecule has 1 aromatic carbocycles. The van der Waals surface area contributed by atoms with E-state index in [0.29, 0.717) is 0 Å². The van der Waals surface area contributed by atoms with E-state index in [0.717, 1.165) is 38.6 Å². The number of ether oxygens (including phenoxy) is 1. The summed E-state index contributed by atoms with van der Waals surface area (Å²) in [5.41, 5.74) is 1.03. The van der Waals surface area contributed by atoms with Gasteiger partial charge in [0.15, 0.2) is 5.82 Å². The molecule has 0 atom stereocenters. The van der Waals surface area contributed by atoms with Gasteiger partial charge >= 0.3 is 0 Å². The van der Waals surface area contributed by atoms with E-state index in [1.165, 1.54) is 11.3 Å². The normalized spacial score (nSPS) is 11.5. The van der Waals surface area contributed by atoms with Crippen molar-refractivity contribution in [3.05, 3.63) is 40.7 Å². The molecular formula is C15H16N4OS2. The molecule has 3 rings (SSSR count). The molecule has 2 aromatic heterocycles. The summed E-state index contributed by atoms with van der Waals surface area (Å²) in [4.78, 5) is 0.825. The van der Waals surface area contributed by atoms with E-state index >= 15 is 0 Å². The van der Waals surface area contributed by atoms with E-state index in [4.69, 9.17) is 4.74 Å². The molecule has 0 bridgehead atoms. The second kappa shape index (κ2) is 6.93. The molecule has 0 saturated carbocycles. The van der Waals surface area contributed by atoms with E-state index in [2.05, 4.69) is 22.2 Å². The number of nitrogens with zero attached hydrogens (tertiary/aromatic N) is 4. The van der Waals surface area contributed by atoms with E-state index in [-0.39, 0.29) is 0 Å². The number of fused-ring (bicyclic) bond motifs is 1. The van der Waals surface area contributed by atoms with Crippen molar-refractivity contribution in [2.24, 2.45) is 0 Å². The quantitative estimate of drug-likeness (QED) is 0.690. The maximum absolute atomic E-state index is 5.34. The second-order valence-corrected chi connectivity index (χ2v) is 6.73. The predicted molar refractivity (Wildman–Crippen MR) is 92.4 cm³/mol. The number of aromatic nitrogens is 4. The molecule has 0 radical (unpaired) electrons. The zero-order valence-corrected chi connectivity index (χ0v) is 14.0. The van der Waals surface area contributed by atoms with Gasteiger partial charge in [-0.2, -0.15) is 21.4 Å². The third-order valence-corrected chi connectivity index (χ3v) is 4.79. The zero-order chi connectivity index (χ0) is 15.4. The highest BCUT2D eigenvalue weighted by Gasteiger charge is 2.10. The van der Waals surface area contributed by atoms with Crippen molar-refractivity contribution in [3.8, 4) is 5.75 Å². The lowest BCUT2D eigenvalue weighted by Crippen LogP contribution is -1.94. The van der Waals surface area contributed by atoms with Crippen LogP contribution in [0, 0.1) is 0 Å². The lowest BCUT2D eigenvalue weighted by Gasteiger charge is -2.02. The molecule has 22 heavy (non-hydrogen) atoms. The summed E-state index contributed by atoms with van der Waals surface area (Å²) >= 11 is 3.34. The minimum atomic E-state index is 0.825. The van der Waals surface area contributed by atoms with E-state index < -0.39 is 0 Å². The summed E-state index contributed by atoms with van der Waals surface area (Å²) in [5.74, 6) is 3.63. The molecule has 0 fully saturated rings. The lowest BCUT2D eigenvalue weighted by atomic mass is 10.2. The minimum Gasteiger partial charge on any atom is -0.496 e. The third kappa shape index (κ3) is 3.15. The van der Waals surface area contributed by atoms with Crippen LogP contribution in [-0.4, -0.2) is 32.7 Å². The van der Waals surface area contributed by atoms with Gasteiger partial charge in [-0.25, -0.2) is 0 Å². The Labute approximate surface area is 137 Å². The Bertz CT molecular complexity index is 794. The first-order valence-corrected chi connectivity index (χ1v) is 8.89. The van der Waals surface area contributed by atoms with Gasteiger partial charge in [0.1, 0.15) is 10.8 Å². The molecule has 3 aromatic rings. The Morgan fingerprint density at radius 3 is 2.95 bits per heavy atom. The molecule has 0 saturated heterocycles. The largest absolute Gasteiger partial charge is 0.496 e. The number of hydrogen-bond acceptors (Lipinski definition) is 6. The van der Waals surface area contributed by atoms with Gasteiger partial charge in [0.2, 0.25) is 4.96 Å². The molecule has 0 spiro atoms. The average molecular weight is 332 g/mol. The van der Waals surface area contributed by atoms with E-state index in [1.807, 2.05) is 52.7 Å². The van der Waals surface area contributed by atoms with Gasteiger partial charge in [0, 0.05) is 5.56 Å². The number of thioether (sulfide) groups is 1. The first-order valence-electron chi connectivity index (χ1n) is 6.91. The summed E-state index contributed by atoms with van der Waals surface area (Å²) in [6.07, 6.45) is 3.99. The molecule has 0 N–H and O–H groups in total. The summed E-state index contributed by atoms with van der Waals surface area (Å²) in [7, 11) is 1.67. The lowest BCUT2D eigenvalue weighted by molar-refractivity contribution is 0.414. The number of benzene rings is 1. The Hall–Kier alpha value is -1.86. The summed E-state index contributed by atoms with van der Waals surface area (Å²) in [6.45, 7) is 2.13. The van der Waals surface area contributed by atoms with Gasteiger partial charge in [0.25, 0.3) is 0 Å². The summed E-state index contributed by atoms with van der Waals surface area (Å²) in [6, 6.07) is 7.90. The van der Waals surface area contributed by atoms with Gasteiger partial charge in [-0.05, 0) is 24.0 Å². The third-order valence-electron chi connectivity index (χ3n) is 3.05. The van der Waals surface area contributed by atoms with Crippen LogP contribution in [0.3, 0.4) is 0 Å². The molecule has 0 unspecified atom stereocenters. The van der Waals surface area contributed by atoms with Gasteiger partial charge in [-0.3, -0.25) is 0 Å². The summed E-state index contributed by atoms with van der Waals surface area (Å²) < 4.78 is 7.17. The standard InChI is InChI=1S/C15H16N4OS2/c1-3-21-10-13-16-17-15-19(13)18-14(22-15)9-8-11-6-4-5-7-12(11)20-2/h4-9H,3,10H2,1-2H3. The van der Waals surface area contributed by atoms with Crippen LogP contribution in [0.2, 0.25) is 0 Å². The number of hydrogen-bond donors (Lipinski definition) is 0. The zero-order valence-electron chi connectivity index (χ0n) is 12.4. The van der Waals surface area contributed by atoms with Crippen LogP contribution in [0.4, 0.5) is 0 Å². The molecular weight excluding hydrogens is 316 g/mol. The van der Waals surface area contributed by atoms with Crippen molar-refractivity contribution in [2.45, 2.75) is 12.7 Å². The smallest absolute Gasteiger partial charge is 0.234 e. The molecule has 0 amide bonds. The van der Waals surface area contributed by atoms with Gasteiger partial charge in [-0.15, -0.1) is 10.2 Å². The van der Waals surface area contributed by atoms with Crippen molar-refractivity contribution >= 4 is 40.2 Å². The molecule has 2 heterocycles. The van der Waals surface area contributed by atoms with Crippen LogP contribution in [0.25, 0.3) is 17.1 Å².